The van der Waals surface area contributed by atoms with Crippen molar-refractivity contribution in [1.29, 1.82) is 0 Å². The summed E-state index contributed by atoms with van der Waals surface area (Å²) in [7, 11) is 1.71. The fourth-order valence-corrected chi connectivity index (χ4v) is 2.25. The molecule has 0 saturated heterocycles. The summed E-state index contributed by atoms with van der Waals surface area (Å²) in [4.78, 5) is 0. The van der Waals surface area contributed by atoms with Crippen LogP contribution in [0.25, 0.3) is 0 Å². The largest absolute Gasteiger partial charge is 0.385 e. The van der Waals surface area contributed by atoms with Gasteiger partial charge in [-0.25, -0.2) is 0 Å². The molecule has 2 aromatic rings. The van der Waals surface area contributed by atoms with Crippen LogP contribution in [0.4, 0.5) is 0 Å². The van der Waals surface area contributed by atoms with Crippen molar-refractivity contribution in [2.45, 2.75) is 40.0 Å². The Balaban J connectivity index is 0.000000383. The summed E-state index contributed by atoms with van der Waals surface area (Å²) in [6, 6.07) is 17.3. The Morgan fingerprint density at radius 3 is 1.48 bits per heavy atom. The molecular formula is C20H28O. The summed E-state index contributed by atoms with van der Waals surface area (Å²) in [5, 5.41) is 0. The lowest BCUT2D eigenvalue weighted by molar-refractivity contribution is 0.199. The maximum atomic E-state index is 4.69. The molecule has 114 valence electrons. The van der Waals surface area contributed by atoms with Crippen molar-refractivity contribution in [3.8, 4) is 0 Å². The van der Waals surface area contributed by atoms with Crippen molar-refractivity contribution in [3.05, 3.63) is 70.8 Å². The quantitative estimate of drug-likeness (QED) is 0.739. The summed E-state index contributed by atoms with van der Waals surface area (Å²) in [5.74, 6) is 0. The third-order valence-corrected chi connectivity index (χ3v) is 3.59. The van der Waals surface area contributed by atoms with Crippen LogP contribution in [0.5, 0.6) is 0 Å². The highest BCUT2D eigenvalue weighted by atomic mass is 16.5. The Labute approximate surface area is 130 Å². The zero-order chi connectivity index (χ0) is 15.5. The third-order valence-electron chi connectivity index (χ3n) is 3.59. The van der Waals surface area contributed by atoms with E-state index < -0.39 is 0 Å². The molecule has 0 aliphatic carbocycles. The van der Waals surface area contributed by atoms with Crippen LogP contribution in [-0.2, 0) is 17.6 Å². The lowest BCUT2D eigenvalue weighted by Gasteiger charge is -2.07. The van der Waals surface area contributed by atoms with Crippen LogP contribution in [0.2, 0.25) is 0 Å². The van der Waals surface area contributed by atoms with Crippen LogP contribution in [0.1, 0.15) is 35.6 Å². The standard InChI is InChI=1S/C16H18.C4H10O/c1-13-7-3-5-9-15(13)11-12-16-10-6-4-8-14(16)2;1-3-4-5-2/h3-10H,11-12H2,1-2H3;3-4H2,1-2H3. The number of rotatable bonds is 5. The van der Waals surface area contributed by atoms with E-state index in [1.165, 1.54) is 22.3 Å². The second-order valence-electron chi connectivity index (χ2n) is 5.35. The molecule has 0 aliphatic rings. The van der Waals surface area contributed by atoms with Crippen molar-refractivity contribution in [2.24, 2.45) is 0 Å². The van der Waals surface area contributed by atoms with E-state index in [1.54, 1.807) is 7.11 Å². The van der Waals surface area contributed by atoms with Crippen LogP contribution in [0.3, 0.4) is 0 Å². The fraction of sp³-hybridized carbons (Fsp3) is 0.400. The lowest BCUT2D eigenvalue weighted by Crippen LogP contribution is -1.95. The molecule has 0 aliphatic heterocycles. The first kappa shape index (κ1) is 17.5. The Morgan fingerprint density at radius 1 is 0.762 bits per heavy atom. The van der Waals surface area contributed by atoms with Gasteiger partial charge in [-0.3, -0.25) is 0 Å². The van der Waals surface area contributed by atoms with Crippen molar-refractivity contribution in [3.63, 3.8) is 0 Å². The summed E-state index contributed by atoms with van der Waals surface area (Å²) < 4.78 is 4.69. The minimum atomic E-state index is 0.889. The van der Waals surface area contributed by atoms with E-state index in [9.17, 15) is 0 Å². The molecule has 0 unspecified atom stereocenters. The zero-order valence-electron chi connectivity index (χ0n) is 13.9. The first-order valence-electron chi connectivity index (χ1n) is 7.77. The molecule has 0 saturated carbocycles. The molecule has 0 N–H and O–H groups in total. The lowest BCUT2D eigenvalue weighted by atomic mass is 9.98. The monoisotopic (exact) mass is 284 g/mol. The minimum absolute atomic E-state index is 0.889. The van der Waals surface area contributed by atoms with Gasteiger partial charge in [-0.05, 0) is 55.4 Å². The summed E-state index contributed by atoms with van der Waals surface area (Å²) >= 11 is 0. The number of aryl methyl sites for hydroxylation is 4. The van der Waals surface area contributed by atoms with Gasteiger partial charge in [-0.1, -0.05) is 55.5 Å². The summed E-state index contributed by atoms with van der Waals surface area (Å²) in [6.07, 6.45) is 3.39. The zero-order valence-corrected chi connectivity index (χ0v) is 13.9. The second-order valence-corrected chi connectivity index (χ2v) is 5.35. The van der Waals surface area contributed by atoms with Gasteiger partial charge in [-0.15, -0.1) is 0 Å². The van der Waals surface area contributed by atoms with E-state index in [2.05, 4.69) is 69.3 Å². The molecule has 0 atom stereocenters. The van der Waals surface area contributed by atoms with E-state index in [4.69, 9.17) is 4.74 Å². The van der Waals surface area contributed by atoms with Crippen molar-refractivity contribution < 1.29 is 4.74 Å². The molecule has 0 aromatic heterocycles. The average Bonchev–Trinajstić information content (AvgIpc) is 2.49. The first-order valence-corrected chi connectivity index (χ1v) is 7.77. The van der Waals surface area contributed by atoms with Gasteiger partial charge in [0.1, 0.15) is 0 Å². The Kier molecular flexibility index (Phi) is 8.45. The van der Waals surface area contributed by atoms with Crippen LogP contribution in [-0.4, -0.2) is 13.7 Å². The van der Waals surface area contributed by atoms with Crippen LogP contribution in [0, 0.1) is 13.8 Å². The highest BCUT2D eigenvalue weighted by Gasteiger charge is 2.00. The minimum Gasteiger partial charge on any atom is -0.385 e. The van der Waals surface area contributed by atoms with Crippen molar-refractivity contribution in [2.75, 3.05) is 13.7 Å². The normalized spacial score (nSPS) is 9.90. The smallest absolute Gasteiger partial charge is 0.0459 e. The first-order chi connectivity index (χ1) is 10.2. The van der Waals surface area contributed by atoms with Gasteiger partial charge in [0.05, 0.1) is 0 Å². The molecular weight excluding hydrogens is 256 g/mol. The number of hydrogen-bond acceptors (Lipinski definition) is 1. The Hall–Kier alpha value is -1.60. The van der Waals surface area contributed by atoms with Gasteiger partial charge >= 0.3 is 0 Å². The van der Waals surface area contributed by atoms with E-state index in [0.717, 1.165) is 25.9 Å². The third kappa shape index (κ3) is 6.59. The number of ether oxygens (including phenoxy) is 1. The van der Waals surface area contributed by atoms with E-state index >= 15 is 0 Å². The van der Waals surface area contributed by atoms with Crippen molar-refractivity contribution in [1.82, 2.24) is 0 Å². The summed E-state index contributed by atoms with van der Waals surface area (Å²) in [6.45, 7) is 7.35. The van der Waals surface area contributed by atoms with E-state index in [0.29, 0.717) is 0 Å². The molecule has 0 spiro atoms. The molecule has 0 amide bonds. The average molecular weight is 284 g/mol. The van der Waals surface area contributed by atoms with Crippen LogP contribution < -0.4 is 0 Å². The summed E-state index contributed by atoms with van der Waals surface area (Å²) in [5.41, 5.74) is 5.73. The van der Waals surface area contributed by atoms with Gasteiger partial charge in [0, 0.05) is 13.7 Å². The number of hydrogen-bond donors (Lipinski definition) is 0. The van der Waals surface area contributed by atoms with Gasteiger partial charge in [-0.2, -0.15) is 0 Å². The van der Waals surface area contributed by atoms with Gasteiger partial charge < -0.3 is 4.74 Å². The predicted molar refractivity (Wildman–Crippen MR) is 91.9 cm³/mol. The predicted octanol–water partition coefficient (Wildman–Crippen LogP) is 5.13. The van der Waals surface area contributed by atoms with Gasteiger partial charge in [0.25, 0.3) is 0 Å². The van der Waals surface area contributed by atoms with Crippen LogP contribution in [0.15, 0.2) is 48.5 Å². The SMILES string of the molecule is CCCOC.Cc1ccccc1CCc1ccccc1C. The highest BCUT2D eigenvalue weighted by molar-refractivity contribution is 5.30. The molecule has 0 heterocycles. The van der Waals surface area contributed by atoms with Crippen LogP contribution >= 0.6 is 0 Å². The second kappa shape index (κ2) is 10.2. The molecule has 21 heavy (non-hydrogen) atoms. The fourth-order valence-electron chi connectivity index (χ4n) is 2.25. The highest BCUT2D eigenvalue weighted by Crippen LogP contribution is 2.13. The molecule has 2 rings (SSSR count). The topological polar surface area (TPSA) is 9.23 Å². The molecule has 0 fully saturated rings. The Bertz CT molecular complexity index is 469. The Morgan fingerprint density at radius 2 is 1.19 bits per heavy atom. The van der Waals surface area contributed by atoms with E-state index in [-0.39, 0.29) is 0 Å². The maximum Gasteiger partial charge on any atom is 0.0459 e. The molecule has 1 heteroatoms. The number of benzene rings is 2. The molecule has 0 radical (unpaired) electrons. The molecule has 2 aromatic carbocycles. The number of methoxy groups -OCH3 is 1. The molecule has 1 nitrogen and oxygen atoms in total. The van der Waals surface area contributed by atoms with Gasteiger partial charge in [0.15, 0.2) is 0 Å². The van der Waals surface area contributed by atoms with E-state index in [1.807, 2.05) is 0 Å². The molecule has 0 bridgehead atoms. The maximum absolute atomic E-state index is 4.69. The van der Waals surface area contributed by atoms with Crippen molar-refractivity contribution >= 4 is 0 Å². The van der Waals surface area contributed by atoms with Gasteiger partial charge in [0.2, 0.25) is 0 Å².